The molecule has 0 amide bonds. The van der Waals surface area contributed by atoms with Crippen LogP contribution in [0.25, 0.3) is 22.2 Å². The van der Waals surface area contributed by atoms with Gasteiger partial charge in [0.15, 0.2) is 5.76 Å². The zero-order chi connectivity index (χ0) is 19.1. The number of nitrogens with zero attached hydrogens (tertiary/aromatic N) is 1. The Balaban J connectivity index is 1.78. The molecule has 5 nitrogen and oxygen atoms in total. The Morgan fingerprint density at radius 3 is 2.59 bits per heavy atom. The van der Waals surface area contributed by atoms with Gasteiger partial charge in [-0.25, -0.2) is 4.79 Å². The fourth-order valence-corrected chi connectivity index (χ4v) is 3.80. The summed E-state index contributed by atoms with van der Waals surface area (Å²) >= 11 is 9.38. The molecule has 0 atom stereocenters. The van der Waals surface area contributed by atoms with Crippen LogP contribution in [0.4, 0.5) is 0 Å². The highest BCUT2D eigenvalue weighted by Gasteiger charge is 2.21. The fraction of sp³-hybridized carbons (Fsp3) is 0. The molecule has 0 aliphatic heterocycles. The SMILES string of the molecule is O=C(O)c1cn(C(=O)c2ccc(-c3ccc(Cl)cc3Br)o2)c2ccccc12. The molecule has 0 fully saturated rings. The molecular formula is C20H11BrClNO4. The van der Waals surface area contributed by atoms with Crippen molar-refractivity contribution in [3.63, 3.8) is 0 Å². The van der Waals surface area contributed by atoms with Gasteiger partial charge >= 0.3 is 5.97 Å². The Bertz CT molecular complexity index is 1210. The van der Waals surface area contributed by atoms with Crippen molar-refractivity contribution in [3.05, 3.63) is 81.6 Å². The highest BCUT2D eigenvalue weighted by molar-refractivity contribution is 9.10. The van der Waals surface area contributed by atoms with Crippen molar-refractivity contribution in [3.8, 4) is 11.3 Å². The number of carboxylic acids is 1. The van der Waals surface area contributed by atoms with Crippen molar-refractivity contribution >= 4 is 50.3 Å². The predicted molar refractivity (Wildman–Crippen MR) is 105 cm³/mol. The van der Waals surface area contributed by atoms with E-state index in [4.69, 9.17) is 16.0 Å². The smallest absolute Gasteiger partial charge is 0.337 e. The third-order valence-corrected chi connectivity index (χ3v) is 5.07. The molecule has 0 bridgehead atoms. The number of halogens is 2. The molecule has 1 N–H and O–H groups in total. The van der Waals surface area contributed by atoms with Gasteiger partial charge in [-0.2, -0.15) is 0 Å². The summed E-state index contributed by atoms with van der Waals surface area (Å²) < 4.78 is 7.76. The largest absolute Gasteiger partial charge is 0.478 e. The third kappa shape index (κ3) is 3.07. The Kier molecular flexibility index (Phi) is 4.37. The number of carbonyl (C=O) groups is 2. The molecular weight excluding hydrogens is 434 g/mol. The molecule has 0 aliphatic carbocycles. The van der Waals surface area contributed by atoms with Crippen molar-refractivity contribution in [1.29, 1.82) is 0 Å². The van der Waals surface area contributed by atoms with E-state index < -0.39 is 11.9 Å². The minimum absolute atomic E-state index is 0.0613. The Hall–Kier alpha value is -2.83. The topological polar surface area (TPSA) is 72.4 Å². The van der Waals surface area contributed by atoms with Gasteiger partial charge in [-0.15, -0.1) is 0 Å². The number of furan rings is 1. The fourth-order valence-electron chi connectivity index (χ4n) is 2.92. The number of para-hydroxylation sites is 1. The maximum atomic E-state index is 12.9. The van der Waals surface area contributed by atoms with Crippen LogP contribution in [-0.4, -0.2) is 21.6 Å². The molecule has 4 rings (SSSR count). The molecule has 134 valence electrons. The van der Waals surface area contributed by atoms with E-state index in [1.165, 1.54) is 10.8 Å². The standard InChI is InChI=1S/C20H11BrClNO4/c21-15-9-11(22)5-6-13(15)17-7-8-18(27-17)19(24)23-10-14(20(25)26)12-3-1-2-4-16(12)23/h1-10H,(H,25,26). The average Bonchev–Trinajstić information content (AvgIpc) is 3.26. The number of carboxylic acid groups (broad SMARTS) is 1. The molecule has 0 unspecified atom stereocenters. The van der Waals surface area contributed by atoms with E-state index in [1.807, 2.05) is 0 Å². The molecule has 0 saturated carbocycles. The minimum Gasteiger partial charge on any atom is -0.478 e. The first kappa shape index (κ1) is 17.6. The van der Waals surface area contributed by atoms with Crippen LogP contribution < -0.4 is 0 Å². The number of hydrogen-bond acceptors (Lipinski definition) is 3. The van der Waals surface area contributed by atoms with Gasteiger partial charge in [0.05, 0.1) is 11.1 Å². The molecule has 4 aromatic rings. The first-order chi connectivity index (χ1) is 13.0. The van der Waals surface area contributed by atoms with Crippen LogP contribution in [-0.2, 0) is 0 Å². The normalized spacial score (nSPS) is 11.0. The number of fused-ring (bicyclic) bond motifs is 1. The maximum Gasteiger partial charge on any atom is 0.337 e. The zero-order valence-corrected chi connectivity index (χ0v) is 16.0. The molecule has 2 aromatic heterocycles. The molecule has 2 heterocycles. The predicted octanol–water partition coefficient (Wildman–Crippen LogP) is 5.70. The van der Waals surface area contributed by atoms with E-state index in [0.717, 1.165) is 10.0 Å². The Morgan fingerprint density at radius 1 is 1.07 bits per heavy atom. The van der Waals surface area contributed by atoms with Crippen molar-refractivity contribution in [2.45, 2.75) is 0 Å². The summed E-state index contributed by atoms with van der Waals surface area (Å²) in [5.74, 6) is -0.945. The quantitative estimate of drug-likeness (QED) is 0.440. The second-order valence-electron chi connectivity index (χ2n) is 5.83. The summed E-state index contributed by atoms with van der Waals surface area (Å²) in [7, 11) is 0. The van der Waals surface area contributed by atoms with Crippen LogP contribution in [0.3, 0.4) is 0 Å². The molecule has 2 aromatic carbocycles. The van der Waals surface area contributed by atoms with Crippen LogP contribution in [0.1, 0.15) is 20.9 Å². The number of hydrogen-bond donors (Lipinski definition) is 1. The van der Waals surface area contributed by atoms with Gasteiger partial charge in [-0.1, -0.05) is 29.8 Å². The van der Waals surface area contributed by atoms with E-state index in [9.17, 15) is 14.7 Å². The van der Waals surface area contributed by atoms with Crippen LogP contribution >= 0.6 is 27.5 Å². The first-order valence-corrected chi connectivity index (χ1v) is 9.06. The van der Waals surface area contributed by atoms with Crippen molar-refractivity contribution < 1.29 is 19.1 Å². The Morgan fingerprint density at radius 2 is 1.85 bits per heavy atom. The maximum absolute atomic E-state index is 12.9. The van der Waals surface area contributed by atoms with Crippen LogP contribution in [0, 0.1) is 0 Å². The lowest BCUT2D eigenvalue weighted by atomic mass is 10.2. The number of aromatic carboxylic acids is 1. The van der Waals surface area contributed by atoms with E-state index in [2.05, 4.69) is 15.9 Å². The summed E-state index contributed by atoms with van der Waals surface area (Å²) in [4.78, 5) is 24.4. The molecule has 0 spiro atoms. The van der Waals surface area contributed by atoms with Crippen LogP contribution in [0.2, 0.25) is 5.02 Å². The second kappa shape index (κ2) is 6.72. The number of aromatic nitrogens is 1. The summed E-state index contributed by atoms with van der Waals surface area (Å²) in [6.07, 6.45) is 1.32. The monoisotopic (exact) mass is 443 g/mol. The van der Waals surface area contributed by atoms with Gasteiger partial charge in [-0.05, 0) is 52.3 Å². The summed E-state index contributed by atoms with van der Waals surface area (Å²) in [5, 5.41) is 10.5. The van der Waals surface area contributed by atoms with Crippen molar-refractivity contribution in [2.75, 3.05) is 0 Å². The molecule has 0 aliphatic rings. The summed E-state index contributed by atoms with van der Waals surface area (Å²) in [5.41, 5.74) is 1.32. The van der Waals surface area contributed by atoms with Crippen molar-refractivity contribution in [2.24, 2.45) is 0 Å². The van der Waals surface area contributed by atoms with E-state index >= 15 is 0 Å². The number of carbonyl (C=O) groups excluding carboxylic acids is 1. The summed E-state index contributed by atoms with van der Waals surface area (Å²) in [6.45, 7) is 0. The van der Waals surface area contributed by atoms with Gasteiger partial charge in [0.1, 0.15) is 5.76 Å². The zero-order valence-electron chi connectivity index (χ0n) is 13.6. The van der Waals surface area contributed by atoms with E-state index in [-0.39, 0.29) is 11.3 Å². The minimum atomic E-state index is -1.09. The molecule has 27 heavy (non-hydrogen) atoms. The van der Waals surface area contributed by atoms with Gasteiger partial charge in [0.25, 0.3) is 5.91 Å². The van der Waals surface area contributed by atoms with Gasteiger partial charge in [0, 0.05) is 26.6 Å². The lowest BCUT2D eigenvalue weighted by Crippen LogP contribution is -2.09. The highest BCUT2D eigenvalue weighted by atomic mass is 79.9. The first-order valence-electron chi connectivity index (χ1n) is 7.89. The third-order valence-electron chi connectivity index (χ3n) is 4.17. The van der Waals surface area contributed by atoms with Gasteiger partial charge < -0.3 is 9.52 Å². The Labute approximate surface area is 166 Å². The lowest BCUT2D eigenvalue weighted by Gasteiger charge is -2.03. The number of rotatable bonds is 3. The molecule has 7 heteroatoms. The molecule has 0 saturated heterocycles. The molecule has 0 radical (unpaired) electrons. The van der Waals surface area contributed by atoms with Crippen molar-refractivity contribution in [1.82, 2.24) is 4.57 Å². The highest BCUT2D eigenvalue weighted by Crippen LogP contribution is 2.32. The second-order valence-corrected chi connectivity index (χ2v) is 7.12. The van der Waals surface area contributed by atoms with Crippen LogP contribution in [0.15, 0.2) is 69.7 Å². The van der Waals surface area contributed by atoms with Gasteiger partial charge in [0.2, 0.25) is 0 Å². The summed E-state index contributed by atoms with van der Waals surface area (Å²) in [6, 6.07) is 15.3. The van der Waals surface area contributed by atoms with Crippen LogP contribution in [0.5, 0.6) is 0 Å². The van der Waals surface area contributed by atoms with E-state index in [1.54, 1.807) is 54.6 Å². The average molecular weight is 445 g/mol. The van der Waals surface area contributed by atoms with Gasteiger partial charge in [-0.3, -0.25) is 9.36 Å². The lowest BCUT2D eigenvalue weighted by molar-refractivity contribution is 0.0699. The number of benzene rings is 2. The van der Waals surface area contributed by atoms with E-state index in [0.29, 0.717) is 21.7 Å².